The molecule has 1 saturated carbocycles. The molecule has 0 amide bonds. The van der Waals surface area contributed by atoms with E-state index in [1.54, 1.807) is 11.6 Å². The van der Waals surface area contributed by atoms with Gasteiger partial charge in [-0.3, -0.25) is 4.79 Å². The third kappa shape index (κ3) is 3.09. The quantitative estimate of drug-likeness (QED) is 0.473. The maximum Gasteiger partial charge on any atom is 0.309 e. The van der Waals surface area contributed by atoms with E-state index in [4.69, 9.17) is 0 Å². The molecule has 3 heterocycles. The summed E-state index contributed by atoms with van der Waals surface area (Å²) in [4.78, 5) is 25.3. The van der Waals surface area contributed by atoms with Gasteiger partial charge in [-0.25, -0.2) is 15.0 Å². The summed E-state index contributed by atoms with van der Waals surface area (Å²) in [6.45, 7) is 0. The fourth-order valence-corrected chi connectivity index (χ4v) is 3.96. The second kappa shape index (κ2) is 7.20. The maximum absolute atomic E-state index is 11.3. The first-order valence-corrected chi connectivity index (χ1v) is 9.44. The van der Waals surface area contributed by atoms with Gasteiger partial charge in [0.2, 0.25) is 5.82 Å². The number of thiophene rings is 1. The second-order valence-electron chi connectivity index (χ2n) is 6.43. The summed E-state index contributed by atoms with van der Waals surface area (Å²) in [5.41, 5.74) is 0.891. The van der Waals surface area contributed by atoms with E-state index in [9.17, 15) is 20.1 Å². The van der Waals surface area contributed by atoms with Crippen LogP contribution in [0.5, 0.6) is 0 Å². The number of nitrogens with one attached hydrogen (secondary N) is 1. The lowest BCUT2D eigenvalue weighted by Gasteiger charge is -2.18. The lowest BCUT2D eigenvalue weighted by Crippen LogP contribution is -2.32. The summed E-state index contributed by atoms with van der Waals surface area (Å²) in [5.74, 6) is 4.46. The van der Waals surface area contributed by atoms with Crippen molar-refractivity contribution in [1.82, 2.24) is 19.5 Å². The highest BCUT2D eigenvalue weighted by Crippen LogP contribution is 2.37. The minimum absolute atomic E-state index is 0.0677. The summed E-state index contributed by atoms with van der Waals surface area (Å²) in [6, 6.07) is 3.12. The monoisotopic (exact) mass is 399 g/mol. The van der Waals surface area contributed by atoms with Crippen LogP contribution in [0.3, 0.4) is 0 Å². The number of nitrogens with zero attached hydrogens (tertiary/aromatic N) is 4. The van der Waals surface area contributed by atoms with Crippen LogP contribution in [0, 0.1) is 17.8 Å². The van der Waals surface area contributed by atoms with Crippen molar-refractivity contribution in [1.29, 1.82) is 0 Å². The van der Waals surface area contributed by atoms with E-state index in [0.717, 1.165) is 4.88 Å². The zero-order valence-electron chi connectivity index (χ0n) is 14.8. The van der Waals surface area contributed by atoms with Crippen molar-refractivity contribution in [3.05, 3.63) is 34.5 Å². The van der Waals surface area contributed by atoms with Crippen molar-refractivity contribution in [3.8, 4) is 11.8 Å². The maximum atomic E-state index is 11.3. The molecule has 4 N–H and O–H groups in total. The first kappa shape index (κ1) is 18.4. The molecule has 28 heavy (non-hydrogen) atoms. The van der Waals surface area contributed by atoms with Crippen molar-refractivity contribution in [3.63, 3.8) is 0 Å². The minimum atomic E-state index is -1.36. The highest BCUT2D eigenvalue weighted by atomic mass is 32.1. The Kier molecular flexibility index (Phi) is 4.72. The molecule has 1 fully saturated rings. The van der Waals surface area contributed by atoms with E-state index < -0.39 is 30.1 Å². The molecule has 144 valence electrons. The number of anilines is 1. The summed E-state index contributed by atoms with van der Waals surface area (Å²) in [6.07, 6.45) is -1.06. The van der Waals surface area contributed by atoms with Crippen molar-refractivity contribution in [2.24, 2.45) is 5.92 Å². The topological polar surface area (TPSA) is 133 Å². The smallest absolute Gasteiger partial charge is 0.309 e. The Morgan fingerprint density at radius 3 is 2.79 bits per heavy atom. The molecule has 4 atom stereocenters. The molecule has 4 rings (SSSR count). The molecule has 0 aliphatic heterocycles. The number of hydrogen-bond donors (Lipinski definition) is 4. The predicted molar refractivity (Wildman–Crippen MR) is 102 cm³/mol. The van der Waals surface area contributed by atoms with Gasteiger partial charge in [0.15, 0.2) is 17.0 Å². The van der Waals surface area contributed by atoms with Crippen molar-refractivity contribution in [2.45, 2.75) is 24.7 Å². The lowest BCUT2D eigenvalue weighted by molar-refractivity contribution is -0.145. The number of aliphatic carboxylic acids is 1. The van der Waals surface area contributed by atoms with Gasteiger partial charge in [-0.2, -0.15) is 0 Å². The lowest BCUT2D eigenvalue weighted by atomic mass is 10.1. The standard InChI is InChI=1S/C18H17N5O4S/c1-19-16-13-17(22-12(21-16)5-4-9-3-2-6-28-9)23(8-20-13)11-7-10(18(26)27)14(24)15(11)25/h2-3,6,8,10-11,14-15,24-25H,7H2,1H3,(H,26,27)(H,19,21,22)/t10-,11+,14+,15-/m0/s1. The number of carboxylic acids is 1. The molecule has 9 nitrogen and oxygen atoms in total. The Morgan fingerprint density at radius 2 is 2.14 bits per heavy atom. The number of carboxylic acid groups (broad SMARTS) is 1. The summed E-state index contributed by atoms with van der Waals surface area (Å²) in [5, 5.41) is 34.6. The first-order valence-electron chi connectivity index (χ1n) is 8.56. The number of aromatic nitrogens is 4. The van der Waals surface area contributed by atoms with Gasteiger partial charge in [0.1, 0.15) is 6.10 Å². The zero-order chi connectivity index (χ0) is 19.8. The normalized spacial score (nSPS) is 24.1. The number of rotatable bonds is 3. The third-order valence-electron chi connectivity index (χ3n) is 4.80. The highest BCUT2D eigenvalue weighted by molar-refractivity contribution is 7.10. The SMILES string of the molecule is CNc1nc(C#Cc2cccs2)nc2c1ncn2[C@@H]1C[C@H](C(=O)O)[C@@H](O)[C@H]1O. The number of hydrogen-bond acceptors (Lipinski definition) is 8. The number of aliphatic hydroxyl groups excluding tert-OH is 2. The summed E-state index contributed by atoms with van der Waals surface area (Å²) in [7, 11) is 1.70. The second-order valence-corrected chi connectivity index (χ2v) is 7.37. The molecule has 0 aromatic carbocycles. The number of carbonyl (C=O) groups is 1. The van der Waals surface area contributed by atoms with Gasteiger partial charge in [0.25, 0.3) is 0 Å². The Bertz CT molecular complexity index is 1080. The van der Waals surface area contributed by atoms with Gasteiger partial charge >= 0.3 is 5.97 Å². The molecule has 0 unspecified atom stereocenters. The average molecular weight is 399 g/mol. The van der Waals surface area contributed by atoms with Gasteiger partial charge in [0, 0.05) is 7.05 Å². The molecule has 10 heteroatoms. The van der Waals surface area contributed by atoms with E-state index >= 15 is 0 Å². The first-order chi connectivity index (χ1) is 13.5. The van der Waals surface area contributed by atoms with Gasteiger partial charge in [0.05, 0.1) is 29.3 Å². The van der Waals surface area contributed by atoms with Crippen LogP contribution in [0.4, 0.5) is 5.82 Å². The molecule has 3 aromatic heterocycles. The molecule has 0 saturated heterocycles. The van der Waals surface area contributed by atoms with Crippen LogP contribution >= 0.6 is 11.3 Å². The minimum Gasteiger partial charge on any atom is -0.481 e. The van der Waals surface area contributed by atoms with Gasteiger partial charge < -0.3 is 25.2 Å². The number of fused-ring (bicyclic) bond motifs is 1. The summed E-state index contributed by atoms with van der Waals surface area (Å²) < 4.78 is 1.59. The Morgan fingerprint density at radius 1 is 1.32 bits per heavy atom. The predicted octanol–water partition coefficient (Wildman–Crippen LogP) is 0.697. The van der Waals surface area contributed by atoms with E-state index in [2.05, 4.69) is 32.1 Å². The molecule has 0 spiro atoms. The van der Waals surface area contributed by atoms with Gasteiger partial charge in [-0.05, 0) is 29.7 Å². The van der Waals surface area contributed by atoms with Crippen LogP contribution < -0.4 is 5.32 Å². The van der Waals surface area contributed by atoms with E-state index in [0.29, 0.717) is 17.0 Å². The number of aliphatic hydroxyl groups is 2. The van der Waals surface area contributed by atoms with Gasteiger partial charge in [-0.15, -0.1) is 11.3 Å². The average Bonchev–Trinajstić information content (AvgIpc) is 3.40. The molecular formula is C18H17N5O4S. The Hall–Kier alpha value is -3.00. The largest absolute Gasteiger partial charge is 0.481 e. The van der Waals surface area contributed by atoms with E-state index in [1.807, 2.05) is 17.5 Å². The van der Waals surface area contributed by atoms with Gasteiger partial charge in [-0.1, -0.05) is 6.07 Å². The van der Waals surface area contributed by atoms with Crippen LogP contribution in [0.2, 0.25) is 0 Å². The van der Waals surface area contributed by atoms with E-state index in [1.165, 1.54) is 17.7 Å². The molecular weight excluding hydrogens is 382 g/mol. The van der Waals surface area contributed by atoms with Crippen LogP contribution in [-0.4, -0.2) is 60.1 Å². The fraction of sp³-hybridized carbons (Fsp3) is 0.333. The van der Waals surface area contributed by atoms with E-state index in [-0.39, 0.29) is 12.2 Å². The molecule has 1 aliphatic rings. The van der Waals surface area contributed by atoms with Crippen LogP contribution in [0.25, 0.3) is 11.2 Å². The Labute approximate surface area is 163 Å². The molecule has 0 radical (unpaired) electrons. The highest BCUT2D eigenvalue weighted by Gasteiger charge is 2.46. The molecule has 1 aliphatic carbocycles. The summed E-state index contributed by atoms with van der Waals surface area (Å²) >= 11 is 1.51. The fourth-order valence-electron chi connectivity index (χ4n) is 3.39. The zero-order valence-corrected chi connectivity index (χ0v) is 15.6. The third-order valence-corrected chi connectivity index (χ3v) is 5.59. The van der Waals surface area contributed by atoms with Crippen molar-refractivity contribution in [2.75, 3.05) is 12.4 Å². The van der Waals surface area contributed by atoms with Crippen LogP contribution in [-0.2, 0) is 4.79 Å². The number of imidazole rings is 1. The molecule has 0 bridgehead atoms. The van der Waals surface area contributed by atoms with Crippen molar-refractivity contribution < 1.29 is 20.1 Å². The Balaban J connectivity index is 1.78. The van der Waals surface area contributed by atoms with Crippen LogP contribution in [0.1, 0.15) is 23.2 Å². The molecule has 3 aromatic rings. The van der Waals surface area contributed by atoms with Crippen molar-refractivity contribution >= 4 is 34.3 Å². The van der Waals surface area contributed by atoms with Crippen LogP contribution in [0.15, 0.2) is 23.8 Å².